The van der Waals surface area contributed by atoms with Crippen LogP contribution in [0.5, 0.6) is 5.75 Å². The highest BCUT2D eigenvalue weighted by Gasteiger charge is 2.02. The summed E-state index contributed by atoms with van der Waals surface area (Å²) in [4.78, 5) is 1.09. The Morgan fingerprint density at radius 1 is 1.46 bits per heavy atom. The van der Waals surface area contributed by atoms with Gasteiger partial charge in [0, 0.05) is 10.6 Å². The SMILES string of the molecule is COc1ccc(C)cc1SCCO. The van der Waals surface area contributed by atoms with E-state index >= 15 is 0 Å². The third kappa shape index (κ3) is 2.94. The van der Waals surface area contributed by atoms with Gasteiger partial charge in [-0.25, -0.2) is 0 Å². The summed E-state index contributed by atoms with van der Waals surface area (Å²) in [7, 11) is 1.66. The predicted octanol–water partition coefficient (Wildman–Crippen LogP) is 2.09. The summed E-state index contributed by atoms with van der Waals surface area (Å²) in [6, 6.07) is 6.04. The Kier molecular flexibility index (Phi) is 4.12. The molecule has 0 bridgehead atoms. The fourth-order valence-electron chi connectivity index (χ4n) is 1.05. The Balaban J connectivity index is 2.81. The highest BCUT2D eigenvalue weighted by Crippen LogP contribution is 2.29. The minimum atomic E-state index is 0.196. The minimum Gasteiger partial charge on any atom is -0.496 e. The summed E-state index contributed by atoms with van der Waals surface area (Å²) in [5.74, 6) is 1.59. The first-order valence-electron chi connectivity index (χ1n) is 4.16. The van der Waals surface area contributed by atoms with Gasteiger partial charge in [0.1, 0.15) is 5.75 Å². The molecule has 0 radical (unpaired) electrons. The maximum Gasteiger partial charge on any atom is 0.132 e. The maximum atomic E-state index is 8.70. The van der Waals surface area contributed by atoms with Gasteiger partial charge < -0.3 is 9.84 Å². The van der Waals surface area contributed by atoms with Crippen LogP contribution in [-0.2, 0) is 0 Å². The van der Waals surface area contributed by atoms with E-state index in [0.29, 0.717) is 5.75 Å². The third-order valence-electron chi connectivity index (χ3n) is 1.67. The van der Waals surface area contributed by atoms with Crippen molar-refractivity contribution in [2.45, 2.75) is 11.8 Å². The molecule has 0 amide bonds. The van der Waals surface area contributed by atoms with Gasteiger partial charge in [0.2, 0.25) is 0 Å². The zero-order valence-corrected chi connectivity index (χ0v) is 8.73. The Bertz CT molecular complexity index is 274. The van der Waals surface area contributed by atoms with Gasteiger partial charge in [0.05, 0.1) is 13.7 Å². The van der Waals surface area contributed by atoms with Gasteiger partial charge in [-0.1, -0.05) is 6.07 Å². The zero-order valence-electron chi connectivity index (χ0n) is 7.91. The van der Waals surface area contributed by atoms with Gasteiger partial charge in [-0.15, -0.1) is 11.8 Å². The zero-order chi connectivity index (χ0) is 9.68. The molecule has 2 nitrogen and oxygen atoms in total. The van der Waals surface area contributed by atoms with Crippen LogP contribution in [-0.4, -0.2) is 24.6 Å². The lowest BCUT2D eigenvalue weighted by Gasteiger charge is -2.07. The molecular formula is C10H14O2S. The summed E-state index contributed by atoms with van der Waals surface area (Å²) in [5.41, 5.74) is 1.21. The van der Waals surface area contributed by atoms with E-state index in [0.717, 1.165) is 10.6 Å². The molecule has 3 heteroatoms. The molecule has 0 aromatic heterocycles. The van der Waals surface area contributed by atoms with E-state index in [1.807, 2.05) is 19.1 Å². The van der Waals surface area contributed by atoms with Gasteiger partial charge >= 0.3 is 0 Å². The summed E-state index contributed by atoms with van der Waals surface area (Å²) >= 11 is 1.61. The van der Waals surface area contributed by atoms with Crippen LogP contribution in [0, 0.1) is 6.92 Å². The second-order valence-electron chi connectivity index (χ2n) is 2.73. The molecule has 0 atom stereocenters. The van der Waals surface area contributed by atoms with Crippen molar-refractivity contribution in [2.24, 2.45) is 0 Å². The van der Waals surface area contributed by atoms with Crippen LogP contribution in [0.25, 0.3) is 0 Å². The summed E-state index contributed by atoms with van der Waals surface area (Å²) < 4.78 is 5.19. The van der Waals surface area contributed by atoms with Crippen LogP contribution in [0.3, 0.4) is 0 Å². The topological polar surface area (TPSA) is 29.5 Å². The fraction of sp³-hybridized carbons (Fsp3) is 0.400. The van der Waals surface area contributed by atoms with Crippen molar-refractivity contribution >= 4 is 11.8 Å². The largest absolute Gasteiger partial charge is 0.496 e. The van der Waals surface area contributed by atoms with E-state index in [-0.39, 0.29) is 6.61 Å². The van der Waals surface area contributed by atoms with Gasteiger partial charge in [-0.3, -0.25) is 0 Å². The number of aliphatic hydroxyl groups excluding tert-OH is 1. The molecule has 13 heavy (non-hydrogen) atoms. The lowest BCUT2D eigenvalue weighted by Crippen LogP contribution is -1.90. The number of methoxy groups -OCH3 is 1. The monoisotopic (exact) mass is 198 g/mol. The van der Waals surface area contributed by atoms with Crippen molar-refractivity contribution < 1.29 is 9.84 Å². The summed E-state index contributed by atoms with van der Waals surface area (Å²) in [6.45, 7) is 2.24. The molecule has 0 aliphatic rings. The number of aryl methyl sites for hydroxylation is 1. The third-order valence-corrected chi connectivity index (χ3v) is 2.68. The molecule has 0 unspecified atom stereocenters. The number of ether oxygens (including phenoxy) is 1. The van der Waals surface area contributed by atoms with Crippen molar-refractivity contribution in [3.05, 3.63) is 23.8 Å². The van der Waals surface area contributed by atoms with Crippen LogP contribution < -0.4 is 4.74 Å². The Morgan fingerprint density at radius 3 is 2.85 bits per heavy atom. The standard InChI is InChI=1S/C10H14O2S/c1-8-3-4-9(12-2)10(7-8)13-6-5-11/h3-4,7,11H,5-6H2,1-2H3. The van der Waals surface area contributed by atoms with Crippen LogP contribution in [0.4, 0.5) is 0 Å². The van der Waals surface area contributed by atoms with Crippen LogP contribution >= 0.6 is 11.8 Å². The van der Waals surface area contributed by atoms with Crippen molar-refractivity contribution in [1.29, 1.82) is 0 Å². The maximum absolute atomic E-state index is 8.70. The van der Waals surface area contributed by atoms with E-state index in [1.54, 1.807) is 18.9 Å². The normalized spacial score (nSPS) is 10.1. The number of aliphatic hydroxyl groups is 1. The second-order valence-corrected chi connectivity index (χ2v) is 3.86. The average molecular weight is 198 g/mol. The molecule has 1 aromatic carbocycles. The molecule has 0 saturated heterocycles. The fourth-order valence-corrected chi connectivity index (χ4v) is 1.93. The van der Waals surface area contributed by atoms with E-state index in [9.17, 15) is 0 Å². The van der Waals surface area contributed by atoms with Crippen molar-refractivity contribution in [1.82, 2.24) is 0 Å². The Labute approximate surface area is 82.9 Å². The molecule has 1 N–H and O–H groups in total. The highest BCUT2D eigenvalue weighted by atomic mass is 32.2. The average Bonchev–Trinajstić information content (AvgIpc) is 2.15. The number of benzene rings is 1. The van der Waals surface area contributed by atoms with E-state index in [2.05, 4.69) is 6.07 Å². The minimum absolute atomic E-state index is 0.196. The molecule has 0 saturated carbocycles. The molecule has 72 valence electrons. The smallest absolute Gasteiger partial charge is 0.132 e. The molecule has 1 aromatic rings. The second kappa shape index (κ2) is 5.14. The highest BCUT2D eigenvalue weighted by molar-refractivity contribution is 7.99. The lowest BCUT2D eigenvalue weighted by atomic mass is 10.2. The summed E-state index contributed by atoms with van der Waals surface area (Å²) in [6.07, 6.45) is 0. The molecule has 0 aliphatic carbocycles. The van der Waals surface area contributed by atoms with Crippen molar-refractivity contribution in [3.63, 3.8) is 0 Å². The first-order valence-corrected chi connectivity index (χ1v) is 5.15. The van der Waals surface area contributed by atoms with E-state index in [1.165, 1.54) is 5.56 Å². The van der Waals surface area contributed by atoms with Gasteiger partial charge in [0.25, 0.3) is 0 Å². The number of hydrogen-bond acceptors (Lipinski definition) is 3. The Hall–Kier alpha value is -0.670. The lowest BCUT2D eigenvalue weighted by molar-refractivity contribution is 0.322. The number of rotatable bonds is 4. The molecular weight excluding hydrogens is 184 g/mol. The van der Waals surface area contributed by atoms with E-state index in [4.69, 9.17) is 9.84 Å². The first kappa shape index (κ1) is 10.4. The van der Waals surface area contributed by atoms with Gasteiger partial charge in [-0.05, 0) is 24.6 Å². The van der Waals surface area contributed by atoms with E-state index < -0.39 is 0 Å². The molecule has 0 heterocycles. The van der Waals surface area contributed by atoms with Gasteiger partial charge in [0.15, 0.2) is 0 Å². The van der Waals surface area contributed by atoms with Crippen LogP contribution in [0.15, 0.2) is 23.1 Å². The number of hydrogen-bond donors (Lipinski definition) is 1. The van der Waals surface area contributed by atoms with Crippen molar-refractivity contribution in [2.75, 3.05) is 19.5 Å². The quantitative estimate of drug-likeness (QED) is 0.751. The Morgan fingerprint density at radius 2 is 2.23 bits per heavy atom. The number of thioether (sulfide) groups is 1. The van der Waals surface area contributed by atoms with Crippen molar-refractivity contribution in [3.8, 4) is 5.75 Å². The first-order chi connectivity index (χ1) is 6.27. The molecule has 0 fully saturated rings. The molecule has 1 rings (SSSR count). The molecule has 0 aliphatic heterocycles. The predicted molar refractivity (Wildman–Crippen MR) is 55.5 cm³/mol. The van der Waals surface area contributed by atoms with Crippen LogP contribution in [0.1, 0.15) is 5.56 Å². The van der Waals surface area contributed by atoms with Gasteiger partial charge in [-0.2, -0.15) is 0 Å². The molecule has 0 spiro atoms. The van der Waals surface area contributed by atoms with Crippen LogP contribution in [0.2, 0.25) is 0 Å². The summed E-state index contributed by atoms with van der Waals surface area (Å²) in [5, 5.41) is 8.70.